The van der Waals surface area contributed by atoms with Crippen molar-refractivity contribution in [3.63, 3.8) is 0 Å². The van der Waals surface area contributed by atoms with Crippen LogP contribution in [0.15, 0.2) is 59.4 Å². The summed E-state index contributed by atoms with van der Waals surface area (Å²) in [6.07, 6.45) is 0.746. The smallest absolute Gasteiger partial charge is 0.268 e. The molecule has 1 heterocycles. The van der Waals surface area contributed by atoms with Crippen molar-refractivity contribution in [3.8, 4) is 0 Å². The molecular formula is C20H20N2O2. The van der Waals surface area contributed by atoms with Crippen molar-refractivity contribution in [1.82, 2.24) is 10.3 Å². The molecule has 3 rings (SSSR count). The number of fused-ring (bicyclic) bond motifs is 1. The van der Waals surface area contributed by atoms with Crippen molar-refractivity contribution in [3.05, 3.63) is 81.6 Å². The molecule has 1 atom stereocenters. The molecule has 0 unspecified atom stereocenters. The highest BCUT2D eigenvalue weighted by molar-refractivity contribution is 5.94. The lowest BCUT2D eigenvalue weighted by atomic mass is 10.0. The predicted molar refractivity (Wildman–Crippen MR) is 96.4 cm³/mol. The average Bonchev–Trinajstić information content (AvgIpc) is 2.57. The van der Waals surface area contributed by atoms with Crippen LogP contribution in [0.2, 0.25) is 0 Å². The Morgan fingerprint density at radius 2 is 1.83 bits per heavy atom. The van der Waals surface area contributed by atoms with Gasteiger partial charge in [-0.2, -0.15) is 0 Å². The molecule has 24 heavy (non-hydrogen) atoms. The zero-order valence-corrected chi connectivity index (χ0v) is 13.8. The Kier molecular flexibility index (Phi) is 4.47. The fourth-order valence-corrected chi connectivity index (χ4v) is 2.84. The number of hydrogen-bond acceptors (Lipinski definition) is 2. The van der Waals surface area contributed by atoms with Gasteiger partial charge < -0.3 is 10.3 Å². The summed E-state index contributed by atoms with van der Waals surface area (Å²) < 4.78 is 0. The van der Waals surface area contributed by atoms with Gasteiger partial charge in [0.1, 0.15) is 5.69 Å². The predicted octanol–water partition coefficient (Wildman–Crippen LogP) is 3.20. The third-order valence-electron chi connectivity index (χ3n) is 4.15. The zero-order chi connectivity index (χ0) is 17.1. The molecule has 0 bridgehead atoms. The second-order valence-electron chi connectivity index (χ2n) is 6.10. The molecule has 1 aromatic heterocycles. The number of H-pyrrole nitrogens is 1. The number of amides is 1. The molecule has 0 aliphatic carbocycles. The minimum atomic E-state index is -0.265. The summed E-state index contributed by atoms with van der Waals surface area (Å²) >= 11 is 0. The van der Waals surface area contributed by atoms with Gasteiger partial charge in [0.05, 0.1) is 0 Å². The Bertz CT molecular complexity index is 944. The SMILES string of the molecule is Cc1ccccc1C[C@H](C)NC(=O)c1cc(=O)c2ccccc2[nH]1. The summed E-state index contributed by atoms with van der Waals surface area (Å²) in [5, 5.41) is 3.54. The van der Waals surface area contributed by atoms with Crippen molar-refractivity contribution in [1.29, 1.82) is 0 Å². The maximum absolute atomic E-state index is 12.4. The van der Waals surface area contributed by atoms with Crippen LogP contribution in [0.5, 0.6) is 0 Å². The van der Waals surface area contributed by atoms with E-state index in [1.165, 1.54) is 17.2 Å². The minimum Gasteiger partial charge on any atom is -0.350 e. The first-order valence-electron chi connectivity index (χ1n) is 8.02. The summed E-state index contributed by atoms with van der Waals surface area (Å²) in [6, 6.07) is 16.6. The van der Waals surface area contributed by atoms with Gasteiger partial charge in [0.2, 0.25) is 0 Å². The zero-order valence-electron chi connectivity index (χ0n) is 13.8. The van der Waals surface area contributed by atoms with Gasteiger partial charge in [-0.25, -0.2) is 0 Å². The van der Waals surface area contributed by atoms with Gasteiger partial charge in [-0.1, -0.05) is 36.4 Å². The van der Waals surface area contributed by atoms with Crippen LogP contribution in [-0.2, 0) is 6.42 Å². The highest BCUT2D eigenvalue weighted by atomic mass is 16.2. The van der Waals surface area contributed by atoms with Crippen LogP contribution in [0.4, 0.5) is 0 Å². The van der Waals surface area contributed by atoms with Crippen LogP contribution in [-0.4, -0.2) is 16.9 Å². The maximum atomic E-state index is 12.4. The number of aromatic amines is 1. The summed E-state index contributed by atoms with van der Waals surface area (Å²) in [6.45, 7) is 4.02. The van der Waals surface area contributed by atoms with Crippen LogP contribution in [0.3, 0.4) is 0 Å². The number of rotatable bonds is 4. The number of carbonyl (C=O) groups excluding carboxylic acids is 1. The van der Waals surface area contributed by atoms with Crippen LogP contribution < -0.4 is 10.7 Å². The highest BCUT2D eigenvalue weighted by Crippen LogP contribution is 2.11. The molecule has 4 nitrogen and oxygen atoms in total. The van der Waals surface area contributed by atoms with Crippen molar-refractivity contribution in [2.24, 2.45) is 0 Å². The topological polar surface area (TPSA) is 62.0 Å². The van der Waals surface area contributed by atoms with E-state index in [2.05, 4.69) is 29.4 Å². The molecule has 2 aromatic carbocycles. The van der Waals surface area contributed by atoms with E-state index < -0.39 is 0 Å². The van der Waals surface area contributed by atoms with Crippen molar-refractivity contribution >= 4 is 16.8 Å². The molecule has 122 valence electrons. The molecule has 2 N–H and O–H groups in total. The molecule has 0 radical (unpaired) electrons. The van der Waals surface area contributed by atoms with Gasteiger partial charge in [0.25, 0.3) is 5.91 Å². The van der Waals surface area contributed by atoms with Crippen molar-refractivity contribution < 1.29 is 4.79 Å². The van der Waals surface area contributed by atoms with Gasteiger partial charge >= 0.3 is 0 Å². The van der Waals surface area contributed by atoms with E-state index >= 15 is 0 Å². The first-order valence-corrected chi connectivity index (χ1v) is 8.02. The number of benzene rings is 2. The van der Waals surface area contributed by atoms with Crippen LogP contribution in [0.25, 0.3) is 10.9 Å². The number of nitrogens with one attached hydrogen (secondary N) is 2. The summed E-state index contributed by atoms with van der Waals surface area (Å²) in [4.78, 5) is 27.6. The number of para-hydroxylation sites is 1. The number of pyridine rings is 1. The van der Waals surface area contributed by atoms with Crippen LogP contribution in [0.1, 0.15) is 28.5 Å². The van der Waals surface area contributed by atoms with Gasteiger partial charge in [-0.15, -0.1) is 0 Å². The number of hydrogen-bond donors (Lipinski definition) is 2. The molecular weight excluding hydrogens is 300 g/mol. The third-order valence-corrected chi connectivity index (χ3v) is 4.15. The normalized spacial score (nSPS) is 12.1. The summed E-state index contributed by atoms with van der Waals surface area (Å²) in [5.74, 6) is -0.265. The van der Waals surface area contributed by atoms with Gasteiger partial charge in [0, 0.05) is 23.0 Å². The van der Waals surface area contributed by atoms with Crippen molar-refractivity contribution in [2.75, 3.05) is 0 Å². The van der Waals surface area contributed by atoms with Crippen LogP contribution >= 0.6 is 0 Å². The first-order chi connectivity index (χ1) is 11.5. The van der Waals surface area contributed by atoms with Gasteiger partial charge in [-0.3, -0.25) is 9.59 Å². The lowest BCUT2D eigenvalue weighted by molar-refractivity contribution is 0.0935. The molecule has 0 aliphatic heterocycles. The van der Waals surface area contributed by atoms with E-state index in [-0.39, 0.29) is 23.1 Å². The van der Waals surface area contributed by atoms with E-state index in [1.807, 2.05) is 31.2 Å². The highest BCUT2D eigenvalue weighted by Gasteiger charge is 2.13. The fourth-order valence-electron chi connectivity index (χ4n) is 2.84. The molecule has 0 aliphatic rings. The maximum Gasteiger partial charge on any atom is 0.268 e. The van der Waals surface area contributed by atoms with E-state index in [9.17, 15) is 9.59 Å². The van der Waals surface area contributed by atoms with Gasteiger partial charge in [0.15, 0.2) is 5.43 Å². The molecule has 1 amide bonds. The monoisotopic (exact) mass is 320 g/mol. The fraction of sp³-hybridized carbons (Fsp3) is 0.200. The lowest BCUT2D eigenvalue weighted by Crippen LogP contribution is -2.35. The van der Waals surface area contributed by atoms with E-state index in [0.717, 1.165) is 6.42 Å². The molecule has 0 fully saturated rings. The minimum absolute atomic E-state index is 0.0337. The number of aromatic nitrogens is 1. The summed E-state index contributed by atoms with van der Waals surface area (Å²) in [7, 11) is 0. The Morgan fingerprint density at radius 3 is 2.62 bits per heavy atom. The third kappa shape index (κ3) is 3.38. The van der Waals surface area contributed by atoms with E-state index in [0.29, 0.717) is 10.9 Å². The summed E-state index contributed by atoms with van der Waals surface area (Å²) in [5.41, 5.74) is 3.22. The van der Waals surface area contributed by atoms with E-state index in [4.69, 9.17) is 0 Å². The standard InChI is InChI=1S/C20H20N2O2/c1-13-7-3-4-8-15(13)11-14(2)21-20(24)18-12-19(23)16-9-5-6-10-17(16)22-18/h3-10,12,14H,11H2,1-2H3,(H,21,24)(H,22,23)/t14-/m0/s1. The Morgan fingerprint density at radius 1 is 1.12 bits per heavy atom. The van der Waals surface area contributed by atoms with Gasteiger partial charge in [-0.05, 0) is 43.5 Å². The molecule has 4 heteroatoms. The number of aryl methyl sites for hydroxylation is 1. The van der Waals surface area contributed by atoms with Crippen LogP contribution in [0, 0.1) is 6.92 Å². The molecule has 0 saturated heterocycles. The second-order valence-corrected chi connectivity index (χ2v) is 6.10. The number of carbonyl (C=O) groups is 1. The molecule has 0 saturated carbocycles. The quantitative estimate of drug-likeness (QED) is 0.775. The van der Waals surface area contributed by atoms with E-state index in [1.54, 1.807) is 12.1 Å². The lowest BCUT2D eigenvalue weighted by Gasteiger charge is -2.15. The Balaban J connectivity index is 1.77. The Hall–Kier alpha value is -2.88. The molecule has 3 aromatic rings. The first kappa shape index (κ1) is 16.0. The molecule has 0 spiro atoms. The van der Waals surface area contributed by atoms with Crippen molar-refractivity contribution in [2.45, 2.75) is 26.3 Å². The average molecular weight is 320 g/mol. The largest absolute Gasteiger partial charge is 0.350 e. The second kappa shape index (κ2) is 6.71. The Labute approximate surface area is 140 Å².